The van der Waals surface area contributed by atoms with Gasteiger partial charge in [0.15, 0.2) is 0 Å². The fourth-order valence-corrected chi connectivity index (χ4v) is 3.26. The van der Waals surface area contributed by atoms with Crippen LogP contribution in [-0.2, 0) is 11.2 Å². The molecule has 1 saturated heterocycles. The van der Waals surface area contributed by atoms with E-state index in [1.165, 1.54) is 0 Å². The summed E-state index contributed by atoms with van der Waals surface area (Å²) in [6.07, 6.45) is 0.683. The molecule has 20 heavy (non-hydrogen) atoms. The van der Waals surface area contributed by atoms with Gasteiger partial charge in [0, 0.05) is 13.0 Å². The lowest BCUT2D eigenvalue weighted by Crippen LogP contribution is -2.50. The molecule has 108 valence electrons. The maximum absolute atomic E-state index is 9.33. The second-order valence-electron chi connectivity index (χ2n) is 5.10. The Morgan fingerprint density at radius 1 is 1.50 bits per heavy atom. The van der Waals surface area contributed by atoms with Crippen LogP contribution in [0.3, 0.4) is 0 Å². The van der Waals surface area contributed by atoms with Gasteiger partial charge in [0.1, 0.15) is 16.5 Å². The number of aryl methyl sites for hydroxylation is 1. The molecule has 1 aliphatic rings. The highest BCUT2D eigenvalue weighted by Gasteiger charge is 2.28. The third-order valence-electron chi connectivity index (χ3n) is 3.65. The van der Waals surface area contributed by atoms with Crippen molar-refractivity contribution < 1.29 is 9.84 Å². The first-order valence-electron chi connectivity index (χ1n) is 6.96. The van der Waals surface area contributed by atoms with Crippen molar-refractivity contribution in [1.82, 2.24) is 9.97 Å². The van der Waals surface area contributed by atoms with Gasteiger partial charge in [-0.15, -0.1) is 11.3 Å². The fraction of sp³-hybridized carbons (Fsp3) is 0.571. The maximum Gasteiger partial charge on any atom is 0.141 e. The molecule has 2 aromatic heterocycles. The third-order valence-corrected chi connectivity index (χ3v) is 4.46. The van der Waals surface area contributed by atoms with Crippen LogP contribution in [-0.4, -0.2) is 47.0 Å². The van der Waals surface area contributed by atoms with Crippen LogP contribution in [0.25, 0.3) is 10.2 Å². The number of morpholine rings is 1. The monoisotopic (exact) mass is 293 g/mol. The SMILES string of the molecule is CCc1nc(N2CC(CO)OCC2C)c2ccsc2n1. The van der Waals surface area contributed by atoms with Crippen molar-refractivity contribution in [2.45, 2.75) is 32.4 Å². The van der Waals surface area contributed by atoms with Gasteiger partial charge < -0.3 is 14.7 Å². The lowest BCUT2D eigenvalue weighted by molar-refractivity contribution is -0.0105. The molecule has 1 aliphatic heterocycles. The number of anilines is 1. The van der Waals surface area contributed by atoms with Gasteiger partial charge in [-0.3, -0.25) is 0 Å². The van der Waals surface area contributed by atoms with Crippen molar-refractivity contribution in [3.63, 3.8) is 0 Å². The van der Waals surface area contributed by atoms with E-state index in [-0.39, 0.29) is 18.8 Å². The Morgan fingerprint density at radius 2 is 2.35 bits per heavy atom. The Balaban J connectivity index is 2.04. The van der Waals surface area contributed by atoms with Gasteiger partial charge in [-0.1, -0.05) is 6.92 Å². The number of rotatable bonds is 3. The minimum atomic E-state index is -0.139. The molecule has 3 heterocycles. The first-order chi connectivity index (χ1) is 9.72. The van der Waals surface area contributed by atoms with E-state index >= 15 is 0 Å². The number of hydrogen-bond donors (Lipinski definition) is 1. The number of ether oxygens (including phenoxy) is 1. The number of aromatic nitrogens is 2. The van der Waals surface area contributed by atoms with Crippen LogP contribution < -0.4 is 4.90 Å². The van der Waals surface area contributed by atoms with Crippen LogP contribution in [0.2, 0.25) is 0 Å². The van der Waals surface area contributed by atoms with Crippen LogP contribution in [0.15, 0.2) is 11.4 Å². The summed E-state index contributed by atoms with van der Waals surface area (Å²) in [5.74, 6) is 1.84. The predicted octanol–water partition coefficient (Wildman–Crippen LogP) is 1.84. The minimum absolute atomic E-state index is 0.0434. The highest BCUT2D eigenvalue weighted by atomic mass is 32.1. The van der Waals surface area contributed by atoms with Gasteiger partial charge in [0.25, 0.3) is 0 Å². The molecule has 0 bridgehead atoms. The Hall–Kier alpha value is -1.24. The quantitative estimate of drug-likeness (QED) is 0.936. The standard InChI is InChI=1S/C14H19N3O2S/c1-3-12-15-13(11-4-5-20-14(11)16-12)17-6-10(7-18)19-8-9(17)2/h4-5,9-10,18H,3,6-8H2,1-2H3. The van der Waals surface area contributed by atoms with E-state index in [2.05, 4.69) is 35.2 Å². The van der Waals surface area contributed by atoms with E-state index in [9.17, 15) is 5.11 Å². The minimum Gasteiger partial charge on any atom is -0.394 e. The molecule has 6 heteroatoms. The third kappa shape index (κ3) is 2.39. The summed E-state index contributed by atoms with van der Waals surface area (Å²) in [6, 6.07) is 2.32. The summed E-state index contributed by atoms with van der Waals surface area (Å²) in [7, 11) is 0. The Bertz CT molecular complexity index is 601. The number of aliphatic hydroxyl groups is 1. The average Bonchev–Trinajstić information content (AvgIpc) is 2.95. The normalized spacial score (nSPS) is 23.4. The number of aliphatic hydroxyl groups excluding tert-OH is 1. The Labute approximate surface area is 122 Å². The summed E-state index contributed by atoms with van der Waals surface area (Å²) < 4.78 is 5.61. The van der Waals surface area contributed by atoms with Crippen LogP contribution in [0.5, 0.6) is 0 Å². The second-order valence-corrected chi connectivity index (χ2v) is 5.99. The maximum atomic E-state index is 9.33. The first kappa shape index (κ1) is 13.7. The molecule has 3 rings (SSSR count). The molecular formula is C14H19N3O2S. The van der Waals surface area contributed by atoms with Gasteiger partial charge >= 0.3 is 0 Å². The van der Waals surface area contributed by atoms with E-state index < -0.39 is 0 Å². The first-order valence-corrected chi connectivity index (χ1v) is 7.84. The van der Waals surface area contributed by atoms with Crippen molar-refractivity contribution in [1.29, 1.82) is 0 Å². The average molecular weight is 293 g/mol. The van der Waals surface area contributed by atoms with Crippen LogP contribution in [0, 0.1) is 0 Å². The molecule has 1 fully saturated rings. The van der Waals surface area contributed by atoms with Gasteiger partial charge in [-0.25, -0.2) is 9.97 Å². The molecule has 1 N–H and O–H groups in total. The van der Waals surface area contributed by atoms with Gasteiger partial charge in [0.05, 0.1) is 30.7 Å². The molecule has 5 nitrogen and oxygen atoms in total. The van der Waals surface area contributed by atoms with Crippen molar-refractivity contribution in [3.8, 4) is 0 Å². The summed E-state index contributed by atoms with van der Waals surface area (Å²) in [6.45, 7) is 5.52. The molecular weight excluding hydrogens is 274 g/mol. The van der Waals surface area contributed by atoms with Crippen molar-refractivity contribution in [3.05, 3.63) is 17.3 Å². The zero-order chi connectivity index (χ0) is 14.1. The van der Waals surface area contributed by atoms with Crippen LogP contribution in [0.1, 0.15) is 19.7 Å². The molecule has 2 aromatic rings. The zero-order valence-electron chi connectivity index (χ0n) is 11.7. The lowest BCUT2D eigenvalue weighted by atomic mass is 10.2. The summed E-state index contributed by atoms with van der Waals surface area (Å²) in [4.78, 5) is 12.6. The van der Waals surface area contributed by atoms with Gasteiger partial charge in [0.2, 0.25) is 0 Å². The molecule has 2 atom stereocenters. The molecule has 0 saturated carbocycles. The molecule has 0 amide bonds. The zero-order valence-corrected chi connectivity index (χ0v) is 12.6. The number of nitrogens with zero attached hydrogens (tertiary/aromatic N) is 3. The summed E-state index contributed by atoms with van der Waals surface area (Å²) in [5, 5.41) is 12.5. The summed E-state index contributed by atoms with van der Waals surface area (Å²) in [5.41, 5.74) is 0. The van der Waals surface area contributed by atoms with E-state index in [4.69, 9.17) is 9.72 Å². The number of thiophene rings is 1. The molecule has 0 spiro atoms. The second kappa shape index (κ2) is 5.63. The van der Waals surface area contributed by atoms with E-state index in [0.717, 1.165) is 28.3 Å². The summed E-state index contributed by atoms with van der Waals surface area (Å²) >= 11 is 1.64. The smallest absolute Gasteiger partial charge is 0.141 e. The van der Waals surface area contributed by atoms with Crippen LogP contribution in [0.4, 0.5) is 5.82 Å². The molecule has 0 radical (unpaired) electrons. The number of fused-ring (bicyclic) bond motifs is 1. The highest BCUT2D eigenvalue weighted by Crippen LogP contribution is 2.30. The van der Waals surface area contributed by atoms with E-state index in [1.807, 2.05) is 0 Å². The molecule has 0 aliphatic carbocycles. The molecule has 0 aromatic carbocycles. The number of hydrogen-bond acceptors (Lipinski definition) is 6. The predicted molar refractivity (Wildman–Crippen MR) is 80.4 cm³/mol. The molecule has 2 unspecified atom stereocenters. The van der Waals surface area contributed by atoms with E-state index in [0.29, 0.717) is 13.2 Å². The van der Waals surface area contributed by atoms with Gasteiger partial charge in [-0.2, -0.15) is 0 Å². The van der Waals surface area contributed by atoms with E-state index in [1.54, 1.807) is 11.3 Å². The van der Waals surface area contributed by atoms with Crippen LogP contribution >= 0.6 is 11.3 Å². The lowest BCUT2D eigenvalue weighted by Gasteiger charge is -2.38. The Morgan fingerprint density at radius 3 is 3.10 bits per heavy atom. The largest absolute Gasteiger partial charge is 0.394 e. The fourth-order valence-electron chi connectivity index (χ4n) is 2.48. The van der Waals surface area contributed by atoms with Crippen molar-refractivity contribution in [2.24, 2.45) is 0 Å². The van der Waals surface area contributed by atoms with Crippen molar-refractivity contribution >= 4 is 27.4 Å². The van der Waals surface area contributed by atoms with Crippen molar-refractivity contribution in [2.75, 3.05) is 24.7 Å². The van der Waals surface area contributed by atoms with Gasteiger partial charge in [-0.05, 0) is 18.4 Å². The topological polar surface area (TPSA) is 58.5 Å². The highest BCUT2D eigenvalue weighted by molar-refractivity contribution is 7.16. The Kier molecular flexibility index (Phi) is 3.87.